The Balaban J connectivity index is 1.83. The maximum Gasteiger partial charge on any atom is 0.223 e. The Morgan fingerprint density at radius 1 is 1.04 bits per heavy atom. The van der Waals surface area contributed by atoms with E-state index >= 15 is 0 Å². The van der Waals surface area contributed by atoms with Gasteiger partial charge in [-0.2, -0.15) is 0 Å². The quantitative estimate of drug-likeness (QED) is 0.716. The first-order valence-electron chi connectivity index (χ1n) is 9.25. The fourth-order valence-corrected chi connectivity index (χ4v) is 5.54. The number of benzene rings is 2. The van der Waals surface area contributed by atoms with Gasteiger partial charge in [-0.1, -0.05) is 54.4 Å². The van der Waals surface area contributed by atoms with Crippen molar-refractivity contribution in [2.75, 3.05) is 6.54 Å². The summed E-state index contributed by atoms with van der Waals surface area (Å²) in [5.74, 6) is 1.50. The van der Waals surface area contributed by atoms with Crippen molar-refractivity contribution in [3.63, 3.8) is 0 Å². The van der Waals surface area contributed by atoms with Gasteiger partial charge < -0.3 is 5.32 Å². The van der Waals surface area contributed by atoms with Gasteiger partial charge in [0.15, 0.2) is 0 Å². The standard InChI is InChI=1S/C22H23Cl2NO/c1-12-3-8-16(19(24)9-12)20-13(2)10-17-18(11-25-22(17)26)21(20)14-4-6-15(23)7-5-14/h3-9,13,17-18,20-21H,10-11H2,1-2H3,(H,25,26). The normalized spacial score (nSPS) is 30.8. The number of aryl methyl sites for hydroxylation is 1. The molecule has 5 atom stereocenters. The lowest BCUT2D eigenvalue weighted by Crippen LogP contribution is -2.37. The van der Waals surface area contributed by atoms with Crippen LogP contribution in [0.3, 0.4) is 0 Å². The summed E-state index contributed by atoms with van der Waals surface area (Å²) in [6.07, 6.45) is 0.912. The first-order valence-corrected chi connectivity index (χ1v) is 10.0. The van der Waals surface area contributed by atoms with E-state index in [1.807, 2.05) is 18.2 Å². The van der Waals surface area contributed by atoms with Crippen LogP contribution in [0.4, 0.5) is 0 Å². The highest BCUT2D eigenvalue weighted by Gasteiger charge is 2.50. The molecule has 1 heterocycles. The highest BCUT2D eigenvalue weighted by Crippen LogP contribution is 2.54. The van der Waals surface area contributed by atoms with Crippen LogP contribution in [0.5, 0.6) is 0 Å². The summed E-state index contributed by atoms with van der Waals surface area (Å²) in [4.78, 5) is 12.4. The topological polar surface area (TPSA) is 29.1 Å². The minimum Gasteiger partial charge on any atom is -0.356 e. The van der Waals surface area contributed by atoms with E-state index in [1.165, 1.54) is 16.7 Å². The Kier molecular flexibility index (Phi) is 4.75. The first kappa shape index (κ1) is 17.9. The van der Waals surface area contributed by atoms with Crippen molar-refractivity contribution in [3.8, 4) is 0 Å². The van der Waals surface area contributed by atoms with Gasteiger partial charge in [0.25, 0.3) is 0 Å². The van der Waals surface area contributed by atoms with Crippen LogP contribution in [0.25, 0.3) is 0 Å². The van der Waals surface area contributed by atoms with Crippen molar-refractivity contribution in [2.45, 2.75) is 32.1 Å². The second-order valence-electron chi connectivity index (χ2n) is 7.86. The Labute approximate surface area is 164 Å². The average molecular weight is 388 g/mol. The van der Waals surface area contributed by atoms with Gasteiger partial charge in [-0.15, -0.1) is 0 Å². The Morgan fingerprint density at radius 3 is 2.46 bits per heavy atom. The molecule has 4 rings (SSSR count). The number of carbonyl (C=O) groups is 1. The zero-order valence-electron chi connectivity index (χ0n) is 15.0. The molecule has 1 aliphatic carbocycles. The van der Waals surface area contributed by atoms with Gasteiger partial charge in [0.2, 0.25) is 5.91 Å². The molecule has 2 nitrogen and oxygen atoms in total. The molecule has 1 saturated heterocycles. The van der Waals surface area contributed by atoms with Crippen molar-refractivity contribution < 1.29 is 4.79 Å². The predicted molar refractivity (Wildman–Crippen MR) is 107 cm³/mol. The number of rotatable bonds is 2. The second kappa shape index (κ2) is 6.90. The van der Waals surface area contributed by atoms with Gasteiger partial charge in [-0.3, -0.25) is 4.79 Å². The van der Waals surface area contributed by atoms with Crippen LogP contribution in [0, 0.1) is 24.7 Å². The van der Waals surface area contributed by atoms with Crippen molar-refractivity contribution >= 4 is 29.1 Å². The molecule has 26 heavy (non-hydrogen) atoms. The molecule has 1 aliphatic heterocycles. The van der Waals surface area contributed by atoms with Crippen molar-refractivity contribution in [2.24, 2.45) is 17.8 Å². The molecule has 2 aliphatic rings. The van der Waals surface area contributed by atoms with Crippen LogP contribution in [0.1, 0.15) is 41.9 Å². The van der Waals surface area contributed by atoms with Crippen LogP contribution in [-0.2, 0) is 4.79 Å². The molecule has 2 fully saturated rings. The van der Waals surface area contributed by atoms with Crippen molar-refractivity contribution in [1.29, 1.82) is 0 Å². The fraction of sp³-hybridized carbons (Fsp3) is 0.409. The highest BCUT2D eigenvalue weighted by atomic mass is 35.5. The van der Waals surface area contributed by atoms with E-state index in [0.717, 1.165) is 23.0 Å². The summed E-state index contributed by atoms with van der Waals surface area (Å²) in [5.41, 5.74) is 3.61. The Morgan fingerprint density at radius 2 is 1.77 bits per heavy atom. The van der Waals surface area contributed by atoms with Gasteiger partial charge in [0, 0.05) is 22.5 Å². The summed E-state index contributed by atoms with van der Waals surface area (Å²) in [7, 11) is 0. The molecule has 2 aromatic carbocycles. The van der Waals surface area contributed by atoms with E-state index in [-0.39, 0.29) is 17.7 Å². The van der Waals surface area contributed by atoms with E-state index in [4.69, 9.17) is 23.2 Å². The predicted octanol–water partition coefficient (Wildman–Crippen LogP) is 5.57. The molecule has 1 saturated carbocycles. The summed E-state index contributed by atoms with van der Waals surface area (Å²) < 4.78 is 0. The maximum absolute atomic E-state index is 12.4. The lowest BCUT2D eigenvalue weighted by molar-refractivity contribution is -0.124. The fourth-order valence-electron chi connectivity index (χ4n) is 5.05. The molecule has 4 heteroatoms. The summed E-state index contributed by atoms with van der Waals surface area (Å²) >= 11 is 12.8. The Bertz CT molecular complexity index is 833. The van der Waals surface area contributed by atoms with E-state index in [1.54, 1.807) is 0 Å². The van der Waals surface area contributed by atoms with Crippen LogP contribution in [0.15, 0.2) is 42.5 Å². The molecule has 0 spiro atoms. The molecular weight excluding hydrogens is 365 g/mol. The molecule has 1 N–H and O–H groups in total. The third kappa shape index (κ3) is 3.04. The number of fused-ring (bicyclic) bond motifs is 1. The molecule has 1 amide bonds. The molecule has 5 unspecified atom stereocenters. The molecule has 0 bridgehead atoms. The third-order valence-corrected chi connectivity index (χ3v) is 6.80. The highest BCUT2D eigenvalue weighted by molar-refractivity contribution is 6.31. The summed E-state index contributed by atoms with van der Waals surface area (Å²) in [6.45, 7) is 5.06. The lowest BCUT2D eigenvalue weighted by Gasteiger charge is -2.44. The lowest BCUT2D eigenvalue weighted by atomic mass is 9.59. The summed E-state index contributed by atoms with van der Waals surface area (Å²) in [6, 6.07) is 14.5. The zero-order chi connectivity index (χ0) is 18.4. The number of amides is 1. The molecule has 0 aromatic heterocycles. The van der Waals surface area contributed by atoms with E-state index in [2.05, 4.69) is 43.4 Å². The van der Waals surface area contributed by atoms with E-state index in [9.17, 15) is 4.79 Å². The summed E-state index contributed by atoms with van der Waals surface area (Å²) in [5, 5.41) is 4.66. The number of carbonyl (C=O) groups excluding carboxylic acids is 1. The average Bonchev–Trinajstić information content (AvgIpc) is 2.96. The number of halogens is 2. The van der Waals surface area contributed by atoms with Gasteiger partial charge in [0.05, 0.1) is 0 Å². The zero-order valence-corrected chi connectivity index (χ0v) is 16.5. The third-order valence-electron chi connectivity index (χ3n) is 6.22. The Hall–Kier alpha value is -1.51. The monoisotopic (exact) mass is 387 g/mol. The van der Waals surface area contributed by atoms with E-state index < -0.39 is 0 Å². The number of hydrogen-bond donors (Lipinski definition) is 1. The van der Waals surface area contributed by atoms with Gasteiger partial charge in [0.1, 0.15) is 0 Å². The van der Waals surface area contributed by atoms with Crippen LogP contribution >= 0.6 is 23.2 Å². The smallest absolute Gasteiger partial charge is 0.223 e. The maximum atomic E-state index is 12.4. The van der Waals surface area contributed by atoms with Crippen molar-refractivity contribution in [3.05, 3.63) is 69.2 Å². The van der Waals surface area contributed by atoms with Crippen LogP contribution in [-0.4, -0.2) is 12.5 Å². The molecule has 136 valence electrons. The van der Waals surface area contributed by atoms with Crippen LogP contribution < -0.4 is 5.32 Å². The SMILES string of the molecule is Cc1ccc(C2C(C)CC3C(=O)NCC3C2c2ccc(Cl)cc2)c(Cl)c1. The molecular formula is C22H23Cl2NO. The number of hydrogen-bond acceptors (Lipinski definition) is 1. The second-order valence-corrected chi connectivity index (χ2v) is 8.70. The first-order chi connectivity index (χ1) is 12.5. The number of nitrogens with one attached hydrogen (secondary N) is 1. The molecule has 2 aromatic rings. The van der Waals surface area contributed by atoms with Crippen LogP contribution in [0.2, 0.25) is 10.0 Å². The minimum atomic E-state index is 0.0890. The van der Waals surface area contributed by atoms with Gasteiger partial charge in [-0.05, 0) is 71.9 Å². The van der Waals surface area contributed by atoms with Gasteiger partial charge >= 0.3 is 0 Å². The minimum absolute atomic E-state index is 0.0890. The van der Waals surface area contributed by atoms with Crippen molar-refractivity contribution in [1.82, 2.24) is 5.32 Å². The molecule has 0 radical (unpaired) electrons. The largest absolute Gasteiger partial charge is 0.356 e. The van der Waals surface area contributed by atoms with Gasteiger partial charge in [-0.25, -0.2) is 0 Å². The van der Waals surface area contributed by atoms with E-state index in [0.29, 0.717) is 17.8 Å².